The summed E-state index contributed by atoms with van der Waals surface area (Å²) in [6, 6.07) is 5.17. The molecule has 0 unspecified atom stereocenters. The van der Waals surface area contributed by atoms with Crippen LogP contribution in [-0.2, 0) is 4.74 Å². The quantitative estimate of drug-likeness (QED) is 0.686. The van der Waals surface area contributed by atoms with E-state index in [1.807, 2.05) is 20.8 Å². The third-order valence-corrected chi connectivity index (χ3v) is 2.78. The van der Waals surface area contributed by atoms with Gasteiger partial charge in [-0.1, -0.05) is 0 Å². The van der Waals surface area contributed by atoms with Gasteiger partial charge in [-0.05, 0) is 39.0 Å². The first kappa shape index (κ1) is 15.3. The van der Waals surface area contributed by atoms with Gasteiger partial charge in [0.15, 0.2) is 0 Å². The molecule has 0 aliphatic rings. The average molecular weight is 265 g/mol. The van der Waals surface area contributed by atoms with Crippen LogP contribution in [0, 0.1) is 0 Å². The molecule has 0 aliphatic heterocycles. The van der Waals surface area contributed by atoms with Gasteiger partial charge in [-0.2, -0.15) is 0 Å². The van der Waals surface area contributed by atoms with Crippen molar-refractivity contribution >= 4 is 17.3 Å². The Labute approximate surface area is 114 Å². The molecule has 1 amide bonds. The average Bonchev–Trinajstić information content (AvgIpc) is 2.37. The van der Waals surface area contributed by atoms with Gasteiger partial charge in [-0.25, -0.2) is 0 Å². The molecule has 0 heterocycles. The number of anilines is 2. The summed E-state index contributed by atoms with van der Waals surface area (Å²) in [6.45, 7) is 7.23. The van der Waals surface area contributed by atoms with Crippen molar-refractivity contribution in [2.75, 3.05) is 31.2 Å². The van der Waals surface area contributed by atoms with Gasteiger partial charge in [-0.15, -0.1) is 0 Å². The number of hydrogen-bond acceptors (Lipinski definition) is 4. The van der Waals surface area contributed by atoms with Crippen molar-refractivity contribution in [3.63, 3.8) is 0 Å². The molecule has 19 heavy (non-hydrogen) atoms. The fraction of sp³-hybridized carbons (Fsp3) is 0.500. The Morgan fingerprint density at radius 1 is 1.42 bits per heavy atom. The molecular formula is C14H23N3O2. The molecule has 0 aliphatic carbocycles. The Kier molecular flexibility index (Phi) is 5.18. The SMILES string of the molecule is CCOC(C)(C)CNc1cc(C(=O)NC)ccc1N. The maximum Gasteiger partial charge on any atom is 0.251 e. The summed E-state index contributed by atoms with van der Waals surface area (Å²) in [6.07, 6.45) is 0. The lowest BCUT2D eigenvalue weighted by Crippen LogP contribution is -2.33. The van der Waals surface area contributed by atoms with Crippen molar-refractivity contribution < 1.29 is 9.53 Å². The van der Waals surface area contributed by atoms with Crippen LogP contribution in [0.2, 0.25) is 0 Å². The predicted molar refractivity (Wildman–Crippen MR) is 78.4 cm³/mol. The third kappa shape index (κ3) is 4.44. The fourth-order valence-electron chi connectivity index (χ4n) is 1.74. The first-order valence-electron chi connectivity index (χ1n) is 6.39. The van der Waals surface area contributed by atoms with Gasteiger partial charge < -0.3 is 21.1 Å². The highest BCUT2D eigenvalue weighted by atomic mass is 16.5. The normalized spacial score (nSPS) is 11.2. The lowest BCUT2D eigenvalue weighted by molar-refractivity contribution is 0.000709. The van der Waals surface area contributed by atoms with Crippen molar-refractivity contribution in [2.45, 2.75) is 26.4 Å². The Hall–Kier alpha value is -1.75. The molecule has 0 saturated heterocycles. The standard InChI is InChI=1S/C14H23N3O2/c1-5-19-14(2,3)9-17-12-8-10(13(18)16-4)6-7-11(12)15/h6-8,17H,5,9,15H2,1-4H3,(H,16,18). The van der Waals surface area contributed by atoms with Gasteiger partial charge in [0, 0.05) is 25.8 Å². The third-order valence-electron chi connectivity index (χ3n) is 2.78. The van der Waals surface area contributed by atoms with E-state index in [4.69, 9.17) is 10.5 Å². The van der Waals surface area contributed by atoms with Crippen molar-refractivity contribution in [3.8, 4) is 0 Å². The van der Waals surface area contributed by atoms with Crippen molar-refractivity contribution in [1.29, 1.82) is 0 Å². The highest BCUT2D eigenvalue weighted by molar-refractivity contribution is 5.96. The van der Waals surface area contributed by atoms with Crippen LogP contribution >= 0.6 is 0 Å². The van der Waals surface area contributed by atoms with Crippen LogP contribution in [0.4, 0.5) is 11.4 Å². The zero-order valence-corrected chi connectivity index (χ0v) is 12.0. The maximum absolute atomic E-state index is 11.6. The number of nitrogens with one attached hydrogen (secondary N) is 2. The summed E-state index contributed by atoms with van der Waals surface area (Å²) in [5, 5.41) is 5.82. The minimum Gasteiger partial charge on any atom is -0.397 e. The first-order chi connectivity index (χ1) is 8.89. The van der Waals surface area contributed by atoms with Gasteiger partial charge in [0.1, 0.15) is 0 Å². The number of rotatable bonds is 6. The molecule has 0 aromatic heterocycles. The van der Waals surface area contributed by atoms with Crippen LogP contribution in [-0.4, -0.2) is 31.7 Å². The fourth-order valence-corrected chi connectivity index (χ4v) is 1.74. The maximum atomic E-state index is 11.6. The highest BCUT2D eigenvalue weighted by Crippen LogP contribution is 2.21. The molecule has 0 saturated carbocycles. The number of benzene rings is 1. The molecule has 4 N–H and O–H groups in total. The first-order valence-corrected chi connectivity index (χ1v) is 6.39. The minimum atomic E-state index is -0.287. The molecule has 0 spiro atoms. The summed E-state index contributed by atoms with van der Waals surface area (Å²) >= 11 is 0. The summed E-state index contributed by atoms with van der Waals surface area (Å²) in [5.41, 5.74) is 7.54. The number of hydrogen-bond donors (Lipinski definition) is 3. The Bertz CT molecular complexity index is 444. The Balaban J connectivity index is 2.80. The second kappa shape index (κ2) is 6.43. The lowest BCUT2D eigenvalue weighted by atomic mass is 10.1. The van der Waals surface area contributed by atoms with Crippen LogP contribution in [0.25, 0.3) is 0 Å². The van der Waals surface area contributed by atoms with Crippen LogP contribution in [0.15, 0.2) is 18.2 Å². The van der Waals surface area contributed by atoms with Gasteiger partial charge in [0.25, 0.3) is 5.91 Å². The molecule has 0 radical (unpaired) electrons. The molecule has 1 aromatic carbocycles. The number of nitrogens with two attached hydrogens (primary N) is 1. The van der Waals surface area contributed by atoms with E-state index in [-0.39, 0.29) is 11.5 Å². The number of carbonyl (C=O) groups excluding carboxylic acids is 1. The molecular weight excluding hydrogens is 242 g/mol. The number of nitrogen functional groups attached to an aromatic ring is 1. The van der Waals surface area contributed by atoms with E-state index in [0.29, 0.717) is 24.4 Å². The minimum absolute atomic E-state index is 0.132. The van der Waals surface area contributed by atoms with E-state index in [1.54, 1.807) is 25.2 Å². The highest BCUT2D eigenvalue weighted by Gasteiger charge is 2.18. The summed E-state index contributed by atoms with van der Waals surface area (Å²) in [5.74, 6) is -0.132. The second-order valence-corrected chi connectivity index (χ2v) is 4.93. The smallest absolute Gasteiger partial charge is 0.251 e. The van der Waals surface area contributed by atoms with Gasteiger partial charge >= 0.3 is 0 Å². The number of carbonyl (C=O) groups is 1. The van der Waals surface area contributed by atoms with Crippen LogP contribution < -0.4 is 16.4 Å². The molecule has 106 valence electrons. The zero-order valence-electron chi connectivity index (χ0n) is 12.0. The predicted octanol–water partition coefficient (Wildman–Crippen LogP) is 1.86. The molecule has 5 nitrogen and oxygen atoms in total. The van der Waals surface area contributed by atoms with Gasteiger partial charge in [0.2, 0.25) is 0 Å². The summed E-state index contributed by atoms with van der Waals surface area (Å²) in [4.78, 5) is 11.6. The van der Waals surface area contributed by atoms with E-state index < -0.39 is 0 Å². The molecule has 1 aromatic rings. The van der Waals surface area contributed by atoms with E-state index in [0.717, 1.165) is 5.69 Å². The van der Waals surface area contributed by atoms with Crippen molar-refractivity contribution in [1.82, 2.24) is 5.32 Å². The van der Waals surface area contributed by atoms with Crippen molar-refractivity contribution in [2.24, 2.45) is 0 Å². The van der Waals surface area contributed by atoms with Crippen LogP contribution in [0.3, 0.4) is 0 Å². The molecule has 0 fully saturated rings. The Morgan fingerprint density at radius 2 is 2.11 bits per heavy atom. The van der Waals surface area contributed by atoms with Crippen LogP contribution in [0.1, 0.15) is 31.1 Å². The number of ether oxygens (including phenoxy) is 1. The second-order valence-electron chi connectivity index (χ2n) is 4.93. The van der Waals surface area contributed by atoms with Crippen LogP contribution in [0.5, 0.6) is 0 Å². The molecule has 0 atom stereocenters. The zero-order chi connectivity index (χ0) is 14.5. The van der Waals surface area contributed by atoms with E-state index in [2.05, 4.69) is 10.6 Å². The summed E-state index contributed by atoms with van der Waals surface area (Å²) < 4.78 is 5.61. The topological polar surface area (TPSA) is 76.4 Å². The van der Waals surface area contributed by atoms with E-state index in [9.17, 15) is 4.79 Å². The molecule has 5 heteroatoms. The van der Waals surface area contributed by atoms with E-state index >= 15 is 0 Å². The van der Waals surface area contributed by atoms with E-state index in [1.165, 1.54) is 0 Å². The van der Waals surface area contributed by atoms with Gasteiger partial charge in [0.05, 0.1) is 17.0 Å². The Morgan fingerprint density at radius 3 is 2.68 bits per heavy atom. The van der Waals surface area contributed by atoms with Crippen molar-refractivity contribution in [3.05, 3.63) is 23.8 Å². The monoisotopic (exact) mass is 265 g/mol. The lowest BCUT2D eigenvalue weighted by Gasteiger charge is -2.26. The molecule has 0 bridgehead atoms. The van der Waals surface area contributed by atoms with Gasteiger partial charge in [-0.3, -0.25) is 4.79 Å². The summed E-state index contributed by atoms with van der Waals surface area (Å²) in [7, 11) is 1.60. The molecule has 1 rings (SSSR count). The number of amides is 1. The largest absolute Gasteiger partial charge is 0.397 e.